The lowest BCUT2D eigenvalue weighted by atomic mass is 10.2. The number of methoxy groups -OCH3 is 1. The van der Waals surface area contributed by atoms with Crippen molar-refractivity contribution < 1.29 is 9.13 Å². The molecule has 3 rings (SSSR count). The minimum absolute atomic E-state index is 0.271. The zero-order chi connectivity index (χ0) is 13.6. The molecule has 0 atom stereocenters. The molecule has 102 valence electrons. The average Bonchev–Trinajstić information content (AvgIpc) is 3.07. The summed E-state index contributed by atoms with van der Waals surface area (Å²) in [7, 11) is 5.75. The molecule has 1 aromatic heterocycles. The van der Waals surface area contributed by atoms with Gasteiger partial charge in [0.25, 0.3) is 0 Å². The molecule has 3 nitrogen and oxygen atoms in total. The van der Waals surface area contributed by atoms with Gasteiger partial charge in [-0.25, -0.2) is 4.39 Å². The standard InChI is InChI=1S/C15H19FN2O/c1-17(2)15(5-6-15)10-18-7-4-11-8-12(16)14(19-3)9-13(11)18/h4,7-9H,5-6,10H2,1-3H3. The molecule has 0 aliphatic heterocycles. The Bertz CT molecular complexity index is 614. The maximum atomic E-state index is 13.7. The molecule has 19 heavy (non-hydrogen) atoms. The number of hydrogen-bond donors (Lipinski definition) is 0. The Balaban J connectivity index is 2.01. The van der Waals surface area contributed by atoms with Gasteiger partial charge < -0.3 is 14.2 Å². The lowest BCUT2D eigenvalue weighted by Gasteiger charge is -2.24. The zero-order valence-corrected chi connectivity index (χ0v) is 11.6. The van der Waals surface area contributed by atoms with E-state index in [-0.39, 0.29) is 11.4 Å². The highest BCUT2D eigenvalue weighted by Gasteiger charge is 2.45. The summed E-state index contributed by atoms with van der Waals surface area (Å²) in [4.78, 5) is 2.29. The van der Waals surface area contributed by atoms with Gasteiger partial charge in [0.1, 0.15) is 0 Å². The molecule has 1 aliphatic rings. The largest absolute Gasteiger partial charge is 0.494 e. The van der Waals surface area contributed by atoms with E-state index in [4.69, 9.17) is 4.74 Å². The molecule has 0 amide bonds. The van der Waals surface area contributed by atoms with Crippen LogP contribution in [0.1, 0.15) is 12.8 Å². The van der Waals surface area contributed by atoms with Crippen LogP contribution in [0.3, 0.4) is 0 Å². The van der Waals surface area contributed by atoms with Gasteiger partial charge in [-0.3, -0.25) is 0 Å². The van der Waals surface area contributed by atoms with Crippen molar-refractivity contribution in [1.29, 1.82) is 0 Å². The first-order valence-corrected chi connectivity index (χ1v) is 6.55. The fourth-order valence-corrected chi connectivity index (χ4v) is 2.69. The number of halogens is 1. The van der Waals surface area contributed by atoms with E-state index >= 15 is 0 Å². The third kappa shape index (κ3) is 2.00. The third-order valence-corrected chi connectivity index (χ3v) is 4.29. The number of fused-ring (bicyclic) bond motifs is 1. The summed E-state index contributed by atoms with van der Waals surface area (Å²) in [5.41, 5.74) is 1.31. The molecule has 4 heteroatoms. The van der Waals surface area contributed by atoms with E-state index in [0.717, 1.165) is 17.4 Å². The summed E-state index contributed by atoms with van der Waals surface area (Å²) in [6, 6.07) is 5.29. The van der Waals surface area contributed by atoms with Crippen LogP contribution < -0.4 is 4.74 Å². The van der Waals surface area contributed by atoms with Crippen molar-refractivity contribution in [3.05, 3.63) is 30.2 Å². The van der Waals surface area contributed by atoms with Crippen LogP contribution in [0.2, 0.25) is 0 Å². The first-order valence-electron chi connectivity index (χ1n) is 6.55. The van der Waals surface area contributed by atoms with Crippen LogP contribution >= 0.6 is 0 Å². The average molecular weight is 262 g/mol. The molecule has 0 bridgehead atoms. The Morgan fingerprint density at radius 2 is 2.11 bits per heavy atom. The SMILES string of the molecule is COc1cc2c(ccn2CC2(N(C)C)CC2)cc1F. The Kier molecular flexibility index (Phi) is 2.78. The quantitative estimate of drug-likeness (QED) is 0.843. The summed E-state index contributed by atoms with van der Waals surface area (Å²) >= 11 is 0. The van der Waals surface area contributed by atoms with Crippen molar-refractivity contribution in [1.82, 2.24) is 9.47 Å². The summed E-state index contributed by atoms with van der Waals surface area (Å²) in [6.45, 7) is 0.943. The van der Waals surface area contributed by atoms with E-state index in [0.29, 0.717) is 5.75 Å². The number of rotatable bonds is 4. The fourth-order valence-electron chi connectivity index (χ4n) is 2.69. The van der Waals surface area contributed by atoms with Gasteiger partial charge in [-0.05, 0) is 39.1 Å². The number of ether oxygens (including phenoxy) is 1. The van der Waals surface area contributed by atoms with Gasteiger partial charge >= 0.3 is 0 Å². The number of nitrogens with zero attached hydrogens (tertiary/aromatic N) is 2. The highest BCUT2D eigenvalue weighted by atomic mass is 19.1. The van der Waals surface area contributed by atoms with E-state index in [2.05, 4.69) is 23.6 Å². The van der Waals surface area contributed by atoms with Crippen LogP contribution in [0, 0.1) is 5.82 Å². The van der Waals surface area contributed by atoms with E-state index < -0.39 is 0 Å². The van der Waals surface area contributed by atoms with E-state index in [1.165, 1.54) is 20.0 Å². The Labute approximate surface area is 112 Å². The number of aromatic nitrogens is 1. The van der Waals surface area contributed by atoms with Crippen molar-refractivity contribution in [2.45, 2.75) is 24.9 Å². The normalized spacial score (nSPS) is 17.1. The van der Waals surface area contributed by atoms with Crippen LogP contribution in [0.15, 0.2) is 24.4 Å². The highest BCUT2D eigenvalue weighted by molar-refractivity contribution is 5.81. The fraction of sp³-hybridized carbons (Fsp3) is 0.467. The smallest absolute Gasteiger partial charge is 0.165 e. The Morgan fingerprint density at radius 3 is 2.68 bits per heavy atom. The maximum Gasteiger partial charge on any atom is 0.165 e. The molecule has 0 saturated heterocycles. The van der Waals surface area contributed by atoms with Crippen molar-refractivity contribution in [2.24, 2.45) is 0 Å². The highest BCUT2D eigenvalue weighted by Crippen LogP contribution is 2.42. The van der Waals surface area contributed by atoms with Crippen LogP contribution in [-0.2, 0) is 6.54 Å². The maximum absolute atomic E-state index is 13.7. The van der Waals surface area contributed by atoms with Crippen molar-refractivity contribution in [2.75, 3.05) is 21.2 Å². The van der Waals surface area contributed by atoms with Crippen LogP contribution in [0.25, 0.3) is 10.9 Å². The second-order valence-corrected chi connectivity index (χ2v) is 5.61. The van der Waals surface area contributed by atoms with Crippen LogP contribution in [0.5, 0.6) is 5.75 Å². The molecule has 0 unspecified atom stereocenters. The molecular formula is C15H19FN2O. The first-order chi connectivity index (χ1) is 9.05. The number of hydrogen-bond acceptors (Lipinski definition) is 2. The van der Waals surface area contributed by atoms with E-state index in [9.17, 15) is 4.39 Å². The topological polar surface area (TPSA) is 17.4 Å². The molecule has 0 N–H and O–H groups in total. The Hall–Kier alpha value is -1.55. The van der Waals surface area contributed by atoms with Gasteiger partial charge in [0.15, 0.2) is 11.6 Å². The molecule has 0 radical (unpaired) electrons. The summed E-state index contributed by atoms with van der Waals surface area (Å²) in [5, 5.41) is 0.924. The molecule has 1 heterocycles. The summed E-state index contributed by atoms with van der Waals surface area (Å²) < 4.78 is 20.9. The molecule has 1 saturated carbocycles. The van der Waals surface area contributed by atoms with Crippen LogP contribution in [0.4, 0.5) is 4.39 Å². The van der Waals surface area contributed by atoms with E-state index in [1.807, 2.05) is 12.3 Å². The molecule has 2 aromatic rings. The lowest BCUT2D eigenvalue weighted by molar-refractivity contribution is 0.244. The molecule has 1 fully saturated rings. The molecule has 1 aromatic carbocycles. The van der Waals surface area contributed by atoms with Gasteiger partial charge in [-0.15, -0.1) is 0 Å². The van der Waals surface area contributed by atoms with E-state index in [1.54, 1.807) is 12.1 Å². The lowest BCUT2D eigenvalue weighted by Crippen LogP contribution is -2.34. The van der Waals surface area contributed by atoms with Crippen LogP contribution in [-0.4, -0.2) is 36.2 Å². The van der Waals surface area contributed by atoms with Gasteiger partial charge in [-0.1, -0.05) is 0 Å². The summed E-state index contributed by atoms with van der Waals surface area (Å²) in [6.07, 6.45) is 4.48. The van der Waals surface area contributed by atoms with Crippen molar-refractivity contribution >= 4 is 10.9 Å². The third-order valence-electron chi connectivity index (χ3n) is 4.29. The monoisotopic (exact) mass is 262 g/mol. The summed E-state index contributed by atoms with van der Waals surface area (Å²) in [5.74, 6) is 0.00337. The molecular weight excluding hydrogens is 243 g/mol. The second-order valence-electron chi connectivity index (χ2n) is 5.61. The van der Waals surface area contributed by atoms with Crippen molar-refractivity contribution in [3.8, 4) is 5.75 Å². The van der Waals surface area contributed by atoms with Gasteiger partial charge in [-0.2, -0.15) is 0 Å². The van der Waals surface area contributed by atoms with Crippen molar-refractivity contribution in [3.63, 3.8) is 0 Å². The predicted molar refractivity (Wildman–Crippen MR) is 74.1 cm³/mol. The molecule has 0 spiro atoms. The Morgan fingerprint density at radius 1 is 1.37 bits per heavy atom. The predicted octanol–water partition coefficient (Wildman–Crippen LogP) is 2.88. The van der Waals surface area contributed by atoms with Gasteiger partial charge in [0.2, 0.25) is 0 Å². The minimum Gasteiger partial charge on any atom is -0.494 e. The number of likely N-dealkylation sites (N-methyl/N-ethyl adjacent to an activating group) is 1. The number of benzene rings is 1. The second kappa shape index (κ2) is 4.23. The van der Waals surface area contributed by atoms with Gasteiger partial charge in [0.05, 0.1) is 12.6 Å². The minimum atomic E-state index is -0.304. The van der Waals surface area contributed by atoms with Gasteiger partial charge in [0, 0.05) is 29.7 Å². The first kappa shape index (κ1) is 12.5. The zero-order valence-electron chi connectivity index (χ0n) is 11.6. The molecule has 1 aliphatic carbocycles.